The Bertz CT molecular complexity index is 992. The molecule has 0 aliphatic heterocycles. The number of para-hydroxylation sites is 1. The highest BCUT2D eigenvalue weighted by molar-refractivity contribution is 6.84. The molecule has 1 N–H and O–H groups in total. The summed E-state index contributed by atoms with van der Waals surface area (Å²) in [5, 5.41) is 1.15. The molecule has 3 nitrogen and oxygen atoms in total. The summed E-state index contributed by atoms with van der Waals surface area (Å²) in [5.74, 6) is 0.874. The van der Waals surface area contributed by atoms with Gasteiger partial charge in [-0.05, 0) is 43.0 Å². The molecule has 0 amide bonds. The summed E-state index contributed by atoms with van der Waals surface area (Å²) in [6, 6.07) is 9.38. The van der Waals surface area contributed by atoms with Crippen LogP contribution < -0.4 is 0 Å². The maximum absolute atomic E-state index is 14.0. The Morgan fingerprint density at radius 3 is 2.13 bits per heavy atom. The number of Topliss-reactive ketones (excluding diaryl/α,β-unsaturated/α-hetero) is 1. The van der Waals surface area contributed by atoms with Gasteiger partial charge in [0.15, 0.2) is 5.76 Å². The Hall–Kier alpha value is -1.81. The number of ether oxygens (including phenoxy) is 1. The second kappa shape index (κ2) is 8.27. The number of benzene rings is 1. The molecule has 0 radical (unpaired) electrons. The summed E-state index contributed by atoms with van der Waals surface area (Å²) in [4.78, 5) is 17.5. The smallest absolute Gasteiger partial charge is 0.208 e. The zero-order valence-corrected chi connectivity index (χ0v) is 22.1. The summed E-state index contributed by atoms with van der Waals surface area (Å²) >= 11 is 0. The zero-order chi connectivity index (χ0) is 23.3. The Morgan fingerprint density at radius 1 is 1.06 bits per heavy atom. The fraction of sp³-hybridized carbons (Fsp3) is 0.593. The van der Waals surface area contributed by atoms with Gasteiger partial charge in [0.1, 0.15) is 0 Å². The Balaban J connectivity index is 2.19. The first-order valence-corrected chi connectivity index (χ1v) is 14.3. The summed E-state index contributed by atoms with van der Waals surface area (Å²) < 4.78 is 5.88. The second-order valence-corrected chi connectivity index (χ2v) is 16.8. The van der Waals surface area contributed by atoms with E-state index in [9.17, 15) is 4.79 Å². The first-order chi connectivity index (χ1) is 14.4. The minimum absolute atomic E-state index is 0.107. The van der Waals surface area contributed by atoms with Crippen LogP contribution >= 0.6 is 0 Å². The predicted molar refractivity (Wildman–Crippen MR) is 134 cm³/mol. The van der Waals surface area contributed by atoms with Gasteiger partial charge >= 0.3 is 0 Å². The van der Waals surface area contributed by atoms with Gasteiger partial charge in [0.25, 0.3) is 0 Å². The molecular formula is C27H41NO2Si. The number of aromatic amines is 1. The van der Waals surface area contributed by atoms with E-state index in [2.05, 4.69) is 85.5 Å². The molecule has 0 spiro atoms. The van der Waals surface area contributed by atoms with E-state index in [1.54, 1.807) is 7.11 Å². The molecule has 4 heteroatoms. The third-order valence-corrected chi connectivity index (χ3v) is 16.1. The van der Waals surface area contributed by atoms with Crippen LogP contribution in [-0.4, -0.2) is 26.0 Å². The molecule has 0 unspecified atom stereocenters. The number of rotatable bonds is 7. The van der Waals surface area contributed by atoms with Crippen LogP contribution in [0.4, 0.5) is 0 Å². The maximum Gasteiger partial charge on any atom is 0.208 e. The van der Waals surface area contributed by atoms with E-state index in [0.29, 0.717) is 22.4 Å². The van der Waals surface area contributed by atoms with Crippen molar-refractivity contribution in [1.82, 2.24) is 4.98 Å². The fourth-order valence-electron chi connectivity index (χ4n) is 6.80. The van der Waals surface area contributed by atoms with Crippen molar-refractivity contribution in [3.8, 4) is 0 Å². The van der Waals surface area contributed by atoms with Crippen LogP contribution in [0.3, 0.4) is 0 Å². The monoisotopic (exact) mass is 439 g/mol. The number of aromatic nitrogens is 1. The van der Waals surface area contributed by atoms with Crippen molar-refractivity contribution in [3.63, 3.8) is 0 Å². The molecule has 0 bridgehead atoms. The lowest BCUT2D eigenvalue weighted by molar-refractivity contribution is -0.122. The molecule has 31 heavy (non-hydrogen) atoms. The topological polar surface area (TPSA) is 42.1 Å². The molecule has 1 aliphatic carbocycles. The van der Waals surface area contributed by atoms with Gasteiger partial charge in [-0.2, -0.15) is 0 Å². The van der Waals surface area contributed by atoms with Crippen molar-refractivity contribution in [3.05, 3.63) is 46.9 Å². The Labute approximate surface area is 189 Å². The van der Waals surface area contributed by atoms with Gasteiger partial charge in [-0.15, -0.1) is 0 Å². The number of fused-ring (bicyclic) bond motifs is 1. The number of nitrogens with one attached hydrogen (secondary N) is 1. The molecule has 1 aromatic heterocycles. The minimum Gasteiger partial charge on any atom is -0.493 e. The molecule has 0 fully saturated rings. The molecule has 3 rings (SSSR count). The number of carbonyl (C=O) groups is 1. The van der Waals surface area contributed by atoms with Crippen LogP contribution in [0.15, 0.2) is 35.6 Å². The standard InChI is InChI=1S/C27H41NO2Si/c1-16(2)31(17(3)4,18(5)6)15-22-19(7)27(9,26(29)25(22)30-10)24-20(8)28-23-14-12-11-13-21(23)24/h11-14,16-19,28H,15H2,1-10H3/t19-,27-/m1/s1. The minimum atomic E-state index is -1.73. The van der Waals surface area contributed by atoms with E-state index in [1.165, 1.54) is 5.57 Å². The van der Waals surface area contributed by atoms with Crippen molar-refractivity contribution < 1.29 is 9.53 Å². The molecule has 0 saturated heterocycles. The van der Waals surface area contributed by atoms with E-state index in [-0.39, 0.29) is 11.7 Å². The first kappa shape index (κ1) is 23.8. The molecule has 1 aliphatic rings. The number of hydrogen-bond donors (Lipinski definition) is 1. The van der Waals surface area contributed by atoms with Crippen LogP contribution in [0.1, 0.15) is 66.6 Å². The lowest BCUT2D eigenvalue weighted by Crippen LogP contribution is -2.45. The Morgan fingerprint density at radius 2 is 1.61 bits per heavy atom. The third-order valence-electron chi connectivity index (χ3n) is 8.70. The number of H-pyrrole nitrogens is 1. The molecule has 1 heterocycles. The maximum atomic E-state index is 14.0. The van der Waals surface area contributed by atoms with Crippen molar-refractivity contribution in [1.29, 1.82) is 0 Å². The Kier molecular flexibility index (Phi) is 6.36. The SMILES string of the molecule is COC1=C(C[Si](C(C)C)(C(C)C)C(C)C)[C@@H](C)[C@](C)(c2c(C)[nH]c3ccccc23)C1=O. The molecule has 1 aromatic carbocycles. The largest absolute Gasteiger partial charge is 0.493 e. The quantitative estimate of drug-likeness (QED) is 0.453. The summed E-state index contributed by atoms with van der Waals surface area (Å²) in [7, 11) is -0.0569. The number of carbonyl (C=O) groups excluding carboxylic acids is 1. The number of allylic oxidation sites excluding steroid dienone is 2. The highest BCUT2D eigenvalue weighted by Gasteiger charge is 2.55. The van der Waals surface area contributed by atoms with Crippen molar-refractivity contribution in [2.75, 3.05) is 7.11 Å². The van der Waals surface area contributed by atoms with Gasteiger partial charge in [0, 0.05) is 16.6 Å². The third kappa shape index (κ3) is 3.33. The molecular weight excluding hydrogens is 398 g/mol. The van der Waals surface area contributed by atoms with Crippen LogP contribution in [0.25, 0.3) is 10.9 Å². The predicted octanol–water partition coefficient (Wildman–Crippen LogP) is 7.53. The van der Waals surface area contributed by atoms with E-state index < -0.39 is 13.5 Å². The van der Waals surface area contributed by atoms with Crippen molar-refractivity contribution >= 4 is 24.8 Å². The van der Waals surface area contributed by atoms with Crippen molar-refractivity contribution in [2.24, 2.45) is 5.92 Å². The summed E-state index contributed by atoms with van der Waals surface area (Å²) in [5.41, 5.74) is 5.87. The number of hydrogen-bond acceptors (Lipinski definition) is 2. The van der Waals surface area contributed by atoms with Crippen LogP contribution in [-0.2, 0) is 14.9 Å². The van der Waals surface area contributed by atoms with Gasteiger partial charge < -0.3 is 9.72 Å². The highest BCUT2D eigenvalue weighted by atomic mass is 28.3. The first-order valence-electron chi connectivity index (χ1n) is 11.8. The van der Waals surface area contributed by atoms with Crippen LogP contribution in [0.5, 0.6) is 0 Å². The number of ketones is 1. The normalized spacial score (nSPS) is 22.6. The molecule has 2 aromatic rings. The average Bonchev–Trinajstić information content (AvgIpc) is 3.12. The van der Waals surface area contributed by atoms with Gasteiger partial charge in [0.2, 0.25) is 5.78 Å². The highest BCUT2D eigenvalue weighted by Crippen LogP contribution is 2.55. The van der Waals surface area contributed by atoms with E-state index >= 15 is 0 Å². The average molecular weight is 440 g/mol. The van der Waals surface area contributed by atoms with E-state index in [4.69, 9.17) is 4.74 Å². The van der Waals surface area contributed by atoms with Gasteiger partial charge in [-0.3, -0.25) is 4.79 Å². The van der Waals surface area contributed by atoms with Crippen LogP contribution in [0.2, 0.25) is 22.7 Å². The van der Waals surface area contributed by atoms with E-state index in [0.717, 1.165) is 28.2 Å². The summed E-state index contributed by atoms with van der Waals surface area (Å²) in [6.45, 7) is 20.8. The van der Waals surface area contributed by atoms with Gasteiger partial charge in [-0.1, -0.05) is 83.3 Å². The lowest BCUT2D eigenvalue weighted by Gasteiger charge is -2.44. The van der Waals surface area contributed by atoms with E-state index in [1.807, 2.05) is 6.07 Å². The second-order valence-electron chi connectivity index (χ2n) is 10.7. The number of aryl methyl sites for hydroxylation is 1. The lowest BCUT2D eigenvalue weighted by atomic mass is 9.71. The zero-order valence-electron chi connectivity index (χ0n) is 21.1. The van der Waals surface area contributed by atoms with Crippen LogP contribution in [0, 0.1) is 12.8 Å². The van der Waals surface area contributed by atoms with Gasteiger partial charge in [0.05, 0.1) is 20.6 Å². The van der Waals surface area contributed by atoms with Gasteiger partial charge in [-0.25, -0.2) is 0 Å². The molecule has 2 atom stereocenters. The fourth-order valence-corrected chi connectivity index (χ4v) is 13.1. The molecule has 0 saturated carbocycles. The number of methoxy groups -OCH3 is 1. The van der Waals surface area contributed by atoms with Crippen molar-refractivity contribution in [2.45, 2.75) is 90.4 Å². The molecule has 170 valence electrons. The summed E-state index contributed by atoms with van der Waals surface area (Å²) in [6.07, 6.45) is 0.